The van der Waals surface area contributed by atoms with Crippen LogP contribution in [-0.2, 0) is 21.4 Å². The summed E-state index contributed by atoms with van der Waals surface area (Å²) in [5.41, 5.74) is 1.10. The van der Waals surface area contributed by atoms with Gasteiger partial charge in [-0.3, -0.25) is 14.0 Å². The third-order valence-corrected chi connectivity index (χ3v) is 6.40. The van der Waals surface area contributed by atoms with Gasteiger partial charge < -0.3 is 4.90 Å². The second-order valence-corrected chi connectivity index (χ2v) is 9.28. The van der Waals surface area contributed by atoms with Crippen molar-refractivity contribution in [1.29, 1.82) is 0 Å². The van der Waals surface area contributed by atoms with Crippen LogP contribution in [0, 0.1) is 11.6 Å². The van der Waals surface area contributed by atoms with E-state index in [1.165, 1.54) is 12.5 Å². The highest BCUT2D eigenvalue weighted by Gasteiger charge is 2.33. The molecule has 1 fully saturated rings. The molecule has 30 heavy (non-hydrogen) atoms. The molecule has 3 rings (SSSR count). The summed E-state index contributed by atoms with van der Waals surface area (Å²) in [7, 11) is -3.90. The van der Waals surface area contributed by atoms with Gasteiger partial charge in [0.25, 0.3) is 0 Å². The summed E-state index contributed by atoms with van der Waals surface area (Å²) in [4.78, 5) is 16.9. The van der Waals surface area contributed by atoms with E-state index in [4.69, 9.17) is 0 Å². The average Bonchev–Trinajstić information content (AvgIpc) is 2.70. The van der Waals surface area contributed by atoms with Crippen LogP contribution in [-0.4, -0.2) is 62.6 Å². The average molecular weight is 438 g/mol. The number of hydrogen-bond donors (Lipinski definition) is 0. The fourth-order valence-electron chi connectivity index (χ4n) is 3.66. The van der Waals surface area contributed by atoms with E-state index >= 15 is 0 Å². The van der Waals surface area contributed by atoms with Gasteiger partial charge in [-0.15, -0.1) is 0 Å². The fourth-order valence-corrected chi connectivity index (χ4v) is 4.82. The molecule has 0 spiro atoms. The van der Waals surface area contributed by atoms with E-state index in [1.807, 2.05) is 30.3 Å². The van der Waals surface area contributed by atoms with Crippen molar-refractivity contribution in [2.45, 2.75) is 19.5 Å². The number of halogens is 2. The first-order chi connectivity index (χ1) is 14.2. The molecule has 1 aliphatic heterocycles. The van der Waals surface area contributed by atoms with Crippen LogP contribution in [0.15, 0.2) is 48.5 Å². The minimum atomic E-state index is -3.90. The van der Waals surface area contributed by atoms with Crippen molar-refractivity contribution < 1.29 is 22.0 Å². The van der Waals surface area contributed by atoms with Crippen molar-refractivity contribution in [2.75, 3.05) is 36.7 Å². The Labute approximate surface area is 175 Å². The topological polar surface area (TPSA) is 60.9 Å². The lowest BCUT2D eigenvalue weighted by atomic mass is 10.2. The summed E-state index contributed by atoms with van der Waals surface area (Å²) in [5, 5.41) is 0. The molecule has 1 amide bonds. The van der Waals surface area contributed by atoms with Crippen LogP contribution in [0.5, 0.6) is 0 Å². The van der Waals surface area contributed by atoms with Crippen molar-refractivity contribution in [3.05, 3.63) is 65.7 Å². The number of amides is 1. The van der Waals surface area contributed by atoms with Crippen molar-refractivity contribution >= 4 is 21.6 Å². The van der Waals surface area contributed by atoms with Gasteiger partial charge in [0.15, 0.2) is 11.6 Å². The summed E-state index contributed by atoms with van der Waals surface area (Å²) < 4.78 is 52.5. The zero-order chi connectivity index (χ0) is 21.9. The predicted molar refractivity (Wildman–Crippen MR) is 111 cm³/mol. The second-order valence-electron chi connectivity index (χ2n) is 7.42. The predicted octanol–water partition coefficient (Wildman–Crippen LogP) is 2.46. The number of nitrogens with zero attached hydrogens (tertiary/aromatic N) is 3. The van der Waals surface area contributed by atoms with Gasteiger partial charge in [-0.2, -0.15) is 0 Å². The molecule has 2 aromatic rings. The highest BCUT2D eigenvalue weighted by Crippen LogP contribution is 2.24. The van der Waals surface area contributed by atoms with E-state index in [9.17, 15) is 22.0 Å². The smallest absolute Gasteiger partial charge is 0.246 e. The summed E-state index contributed by atoms with van der Waals surface area (Å²) in [6.07, 6.45) is 0.940. The Hall–Kier alpha value is -2.52. The van der Waals surface area contributed by atoms with Gasteiger partial charge in [0, 0.05) is 38.8 Å². The van der Waals surface area contributed by atoms with Gasteiger partial charge in [-0.05, 0) is 24.6 Å². The number of carbonyl (C=O) groups is 1. The van der Waals surface area contributed by atoms with Crippen molar-refractivity contribution in [3.8, 4) is 0 Å². The zero-order valence-electron chi connectivity index (χ0n) is 17.0. The normalized spacial score (nSPS) is 16.3. The summed E-state index contributed by atoms with van der Waals surface area (Å²) in [5.74, 6) is -2.62. The number of anilines is 1. The molecule has 0 aromatic heterocycles. The van der Waals surface area contributed by atoms with E-state index in [0.717, 1.165) is 35.3 Å². The molecule has 1 saturated heterocycles. The quantitative estimate of drug-likeness (QED) is 0.697. The summed E-state index contributed by atoms with van der Waals surface area (Å²) >= 11 is 0. The molecule has 2 aromatic carbocycles. The van der Waals surface area contributed by atoms with Gasteiger partial charge in [0.05, 0.1) is 11.9 Å². The largest absolute Gasteiger partial charge is 0.338 e. The third-order valence-electron chi connectivity index (χ3n) is 5.16. The maximum atomic E-state index is 13.7. The first kappa shape index (κ1) is 22.2. The van der Waals surface area contributed by atoms with E-state index in [2.05, 4.69) is 4.90 Å². The molecule has 0 N–H and O–H groups in total. The number of hydrogen-bond acceptors (Lipinski definition) is 4. The molecule has 9 heteroatoms. The standard InChI is InChI=1S/C21H25F2N3O3S/c1-16(26(30(2,28)29)18-8-9-19(22)20(23)14-18)21(27)25-12-10-24(11-13-25)15-17-6-4-3-5-7-17/h3-9,14,16H,10-13,15H2,1-2H3. The number of rotatable bonds is 6. The Morgan fingerprint density at radius 2 is 1.67 bits per heavy atom. The Balaban J connectivity index is 1.69. The number of carbonyl (C=O) groups excluding carboxylic acids is 1. The van der Waals surface area contributed by atoms with Crippen LogP contribution < -0.4 is 4.31 Å². The monoisotopic (exact) mass is 437 g/mol. The molecular weight excluding hydrogens is 412 g/mol. The molecule has 0 aliphatic carbocycles. The minimum absolute atomic E-state index is 0.0834. The maximum Gasteiger partial charge on any atom is 0.246 e. The molecule has 162 valence electrons. The fraction of sp³-hybridized carbons (Fsp3) is 0.381. The molecule has 1 atom stereocenters. The van der Waals surface area contributed by atoms with Crippen LogP contribution in [0.4, 0.5) is 14.5 Å². The highest BCUT2D eigenvalue weighted by atomic mass is 32.2. The molecule has 6 nitrogen and oxygen atoms in total. The Morgan fingerprint density at radius 1 is 1.03 bits per heavy atom. The second kappa shape index (κ2) is 9.09. The van der Waals surface area contributed by atoms with Crippen LogP contribution in [0.2, 0.25) is 0 Å². The highest BCUT2D eigenvalue weighted by molar-refractivity contribution is 7.92. The lowest BCUT2D eigenvalue weighted by molar-refractivity contribution is -0.133. The van der Waals surface area contributed by atoms with Gasteiger partial charge in [-0.1, -0.05) is 30.3 Å². The van der Waals surface area contributed by atoms with E-state index in [1.54, 1.807) is 4.90 Å². The van der Waals surface area contributed by atoms with Gasteiger partial charge in [-0.25, -0.2) is 17.2 Å². The Bertz CT molecular complexity index is 994. The van der Waals surface area contributed by atoms with Crippen molar-refractivity contribution in [1.82, 2.24) is 9.80 Å². The van der Waals surface area contributed by atoms with E-state index in [-0.39, 0.29) is 11.6 Å². The lowest BCUT2D eigenvalue weighted by Gasteiger charge is -2.38. The first-order valence-electron chi connectivity index (χ1n) is 9.66. The molecule has 0 radical (unpaired) electrons. The van der Waals surface area contributed by atoms with Gasteiger partial charge in [0.1, 0.15) is 6.04 Å². The lowest BCUT2D eigenvalue weighted by Crippen LogP contribution is -2.55. The SMILES string of the molecule is CC(C(=O)N1CCN(Cc2ccccc2)CC1)N(c1ccc(F)c(F)c1)S(C)(=O)=O. The van der Waals surface area contributed by atoms with Crippen LogP contribution in [0.3, 0.4) is 0 Å². The van der Waals surface area contributed by atoms with E-state index < -0.39 is 27.7 Å². The molecule has 1 heterocycles. The molecule has 1 aliphatic rings. The molecule has 0 bridgehead atoms. The molecular formula is C21H25F2N3O3S. The van der Waals surface area contributed by atoms with Crippen molar-refractivity contribution in [3.63, 3.8) is 0 Å². The number of sulfonamides is 1. The van der Waals surface area contributed by atoms with Crippen molar-refractivity contribution in [2.24, 2.45) is 0 Å². The number of piperazine rings is 1. The van der Waals surface area contributed by atoms with Gasteiger partial charge in [0.2, 0.25) is 15.9 Å². The van der Waals surface area contributed by atoms with Crippen LogP contribution >= 0.6 is 0 Å². The molecule has 1 unspecified atom stereocenters. The Kier molecular flexibility index (Phi) is 6.72. The minimum Gasteiger partial charge on any atom is -0.338 e. The third kappa shape index (κ3) is 5.14. The van der Waals surface area contributed by atoms with E-state index in [0.29, 0.717) is 26.2 Å². The number of benzene rings is 2. The summed E-state index contributed by atoms with van der Waals surface area (Å²) in [6.45, 7) is 4.50. The van der Waals surface area contributed by atoms with Crippen LogP contribution in [0.1, 0.15) is 12.5 Å². The van der Waals surface area contributed by atoms with Crippen LogP contribution in [0.25, 0.3) is 0 Å². The summed E-state index contributed by atoms with van der Waals surface area (Å²) in [6, 6.07) is 11.7. The molecule has 0 saturated carbocycles. The van der Waals surface area contributed by atoms with Gasteiger partial charge >= 0.3 is 0 Å². The first-order valence-corrected chi connectivity index (χ1v) is 11.5. The zero-order valence-corrected chi connectivity index (χ0v) is 17.8. The maximum absolute atomic E-state index is 13.7. The Morgan fingerprint density at radius 3 is 2.23 bits per heavy atom.